The zero-order valence-corrected chi connectivity index (χ0v) is 13.6. The van der Waals surface area contributed by atoms with E-state index < -0.39 is 0 Å². The molecule has 0 aromatic heterocycles. The normalized spacial score (nSPS) is 11.8. The van der Waals surface area contributed by atoms with Gasteiger partial charge in [0.15, 0.2) is 0 Å². The molecule has 0 aliphatic rings. The molecule has 4 heteroatoms. The van der Waals surface area contributed by atoms with E-state index in [0.29, 0.717) is 13.0 Å². The third kappa shape index (κ3) is 4.83. The molecule has 4 nitrogen and oxygen atoms in total. The van der Waals surface area contributed by atoms with Gasteiger partial charge in [0.1, 0.15) is 5.75 Å². The van der Waals surface area contributed by atoms with Crippen LogP contribution < -0.4 is 10.1 Å². The van der Waals surface area contributed by atoms with Crippen LogP contribution in [0, 0.1) is 0 Å². The van der Waals surface area contributed by atoms with Gasteiger partial charge in [-0.2, -0.15) is 0 Å². The maximum atomic E-state index is 12.1. The summed E-state index contributed by atoms with van der Waals surface area (Å²) in [6.45, 7) is 2.45. The Morgan fingerprint density at radius 2 is 1.78 bits per heavy atom. The first-order chi connectivity index (χ1) is 11.1. The third-order valence-corrected chi connectivity index (χ3v) is 3.94. The van der Waals surface area contributed by atoms with E-state index in [1.54, 1.807) is 7.11 Å². The highest BCUT2D eigenvalue weighted by Gasteiger charge is 2.12. The van der Waals surface area contributed by atoms with Crippen molar-refractivity contribution in [3.63, 3.8) is 0 Å². The molecule has 2 aromatic carbocycles. The van der Waals surface area contributed by atoms with Crippen molar-refractivity contribution in [2.45, 2.75) is 32.4 Å². The Bertz CT molecular complexity index is 637. The number of hydrogen-bond acceptors (Lipinski definition) is 3. The first-order valence-electron chi connectivity index (χ1n) is 7.72. The molecule has 0 fully saturated rings. The van der Waals surface area contributed by atoms with Crippen LogP contribution >= 0.6 is 0 Å². The van der Waals surface area contributed by atoms with Crippen LogP contribution in [0.4, 0.5) is 0 Å². The molecular weight excluding hydrogens is 290 g/mol. The van der Waals surface area contributed by atoms with Crippen molar-refractivity contribution in [1.82, 2.24) is 5.32 Å². The van der Waals surface area contributed by atoms with Crippen LogP contribution in [-0.4, -0.2) is 18.1 Å². The Kier molecular flexibility index (Phi) is 6.18. The summed E-state index contributed by atoms with van der Waals surface area (Å²) in [6, 6.07) is 15.3. The Morgan fingerprint density at radius 1 is 1.13 bits per heavy atom. The SMILES string of the molecule is COc1ccc(C(C)CC(=O)NCc2ccccc2CO)cc1. The molecule has 0 radical (unpaired) electrons. The fourth-order valence-corrected chi connectivity index (χ4v) is 2.48. The number of ether oxygens (including phenoxy) is 1. The fourth-order valence-electron chi connectivity index (χ4n) is 2.48. The molecule has 0 aliphatic heterocycles. The molecule has 2 N–H and O–H groups in total. The van der Waals surface area contributed by atoms with Crippen LogP contribution in [-0.2, 0) is 17.9 Å². The fraction of sp³-hybridized carbons (Fsp3) is 0.316. The summed E-state index contributed by atoms with van der Waals surface area (Å²) in [5, 5.41) is 12.2. The van der Waals surface area contributed by atoms with Gasteiger partial charge in [0, 0.05) is 13.0 Å². The predicted octanol–water partition coefficient (Wildman–Crippen LogP) is 3.00. The summed E-state index contributed by atoms with van der Waals surface area (Å²) in [4.78, 5) is 12.1. The van der Waals surface area contributed by atoms with Crippen LogP contribution in [0.25, 0.3) is 0 Å². The lowest BCUT2D eigenvalue weighted by molar-refractivity contribution is -0.121. The number of aliphatic hydroxyl groups is 1. The second-order valence-corrected chi connectivity index (χ2v) is 5.58. The zero-order chi connectivity index (χ0) is 16.7. The summed E-state index contributed by atoms with van der Waals surface area (Å²) in [5.74, 6) is 0.945. The summed E-state index contributed by atoms with van der Waals surface area (Å²) in [6.07, 6.45) is 0.424. The van der Waals surface area contributed by atoms with Gasteiger partial charge in [-0.05, 0) is 34.7 Å². The molecule has 23 heavy (non-hydrogen) atoms. The number of amides is 1. The number of aliphatic hydroxyl groups excluding tert-OH is 1. The van der Waals surface area contributed by atoms with Crippen molar-refractivity contribution < 1.29 is 14.6 Å². The van der Waals surface area contributed by atoms with Crippen molar-refractivity contribution in [3.05, 3.63) is 65.2 Å². The second kappa shape index (κ2) is 8.34. The number of nitrogens with one attached hydrogen (secondary N) is 1. The molecule has 0 aliphatic carbocycles. The molecule has 2 rings (SSSR count). The molecule has 1 unspecified atom stereocenters. The lowest BCUT2D eigenvalue weighted by Crippen LogP contribution is -2.24. The Morgan fingerprint density at radius 3 is 2.39 bits per heavy atom. The number of rotatable bonds is 7. The molecule has 0 saturated heterocycles. The van der Waals surface area contributed by atoms with E-state index in [1.807, 2.05) is 55.5 Å². The highest BCUT2D eigenvalue weighted by atomic mass is 16.5. The molecule has 1 atom stereocenters. The van der Waals surface area contributed by atoms with Crippen molar-refractivity contribution in [2.24, 2.45) is 0 Å². The van der Waals surface area contributed by atoms with E-state index in [0.717, 1.165) is 22.4 Å². The van der Waals surface area contributed by atoms with Gasteiger partial charge in [0.2, 0.25) is 5.91 Å². The average molecular weight is 313 g/mol. The van der Waals surface area contributed by atoms with Crippen LogP contribution in [0.15, 0.2) is 48.5 Å². The first-order valence-corrected chi connectivity index (χ1v) is 7.72. The standard InChI is InChI=1S/C19H23NO3/c1-14(15-7-9-18(23-2)10-8-15)11-19(22)20-12-16-5-3-4-6-17(16)13-21/h3-10,14,21H,11-13H2,1-2H3,(H,20,22). The largest absolute Gasteiger partial charge is 0.497 e. The molecule has 122 valence electrons. The highest BCUT2D eigenvalue weighted by molar-refractivity contribution is 5.76. The summed E-state index contributed by atoms with van der Waals surface area (Å²) in [5.41, 5.74) is 2.90. The Hall–Kier alpha value is -2.33. The van der Waals surface area contributed by atoms with E-state index in [1.165, 1.54) is 0 Å². The molecule has 0 spiro atoms. The van der Waals surface area contributed by atoms with Crippen LogP contribution in [0.1, 0.15) is 36.0 Å². The van der Waals surface area contributed by atoms with Gasteiger partial charge in [0.05, 0.1) is 13.7 Å². The number of hydrogen-bond donors (Lipinski definition) is 2. The van der Waals surface area contributed by atoms with Crippen molar-refractivity contribution in [1.29, 1.82) is 0 Å². The van der Waals surface area contributed by atoms with Gasteiger partial charge in [0.25, 0.3) is 0 Å². The van der Waals surface area contributed by atoms with Gasteiger partial charge < -0.3 is 15.2 Å². The number of carbonyl (C=O) groups is 1. The quantitative estimate of drug-likeness (QED) is 0.826. The van der Waals surface area contributed by atoms with Gasteiger partial charge in [-0.1, -0.05) is 43.3 Å². The maximum Gasteiger partial charge on any atom is 0.220 e. The minimum absolute atomic E-state index is 0.000982. The lowest BCUT2D eigenvalue weighted by Gasteiger charge is -2.13. The lowest BCUT2D eigenvalue weighted by atomic mass is 9.97. The van der Waals surface area contributed by atoms with E-state index >= 15 is 0 Å². The highest BCUT2D eigenvalue weighted by Crippen LogP contribution is 2.21. The molecule has 0 saturated carbocycles. The first kappa shape index (κ1) is 17.0. The van der Waals surface area contributed by atoms with Crippen molar-refractivity contribution >= 4 is 5.91 Å². The molecular formula is C19H23NO3. The van der Waals surface area contributed by atoms with Crippen molar-refractivity contribution in [2.75, 3.05) is 7.11 Å². The molecule has 1 amide bonds. The summed E-state index contributed by atoms with van der Waals surface area (Å²) in [7, 11) is 1.64. The monoisotopic (exact) mass is 313 g/mol. The molecule has 2 aromatic rings. The van der Waals surface area contributed by atoms with E-state index in [4.69, 9.17) is 4.74 Å². The maximum absolute atomic E-state index is 12.1. The Balaban J connectivity index is 1.88. The van der Waals surface area contributed by atoms with E-state index in [-0.39, 0.29) is 18.4 Å². The van der Waals surface area contributed by atoms with Gasteiger partial charge >= 0.3 is 0 Å². The van der Waals surface area contributed by atoms with Crippen LogP contribution in [0.3, 0.4) is 0 Å². The number of methoxy groups -OCH3 is 1. The zero-order valence-electron chi connectivity index (χ0n) is 13.6. The summed E-state index contributed by atoms with van der Waals surface area (Å²) >= 11 is 0. The van der Waals surface area contributed by atoms with E-state index in [2.05, 4.69) is 5.32 Å². The summed E-state index contributed by atoms with van der Waals surface area (Å²) < 4.78 is 5.14. The minimum Gasteiger partial charge on any atom is -0.497 e. The van der Waals surface area contributed by atoms with Crippen molar-refractivity contribution in [3.8, 4) is 5.75 Å². The Labute approximate surface area is 137 Å². The number of benzene rings is 2. The smallest absolute Gasteiger partial charge is 0.220 e. The molecule has 0 heterocycles. The van der Waals surface area contributed by atoms with Crippen LogP contribution in [0.5, 0.6) is 5.75 Å². The average Bonchev–Trinajstić information content (AvgIpc) is 2.60. The topological polar surface area (TPSA) is 58.6 Å². The third-order valence-electron chi connectivity index (χ3n) is 3.94. The minimum atomic E-state index is -0.0195. The van der Waals surface area contributed by atoms with Crippen LogP contribution in [0.2, 0.25) is 0 Å². The van der Waals surface area contributed by atoms with Gasteiger partial charge in [-0.25, -0.2) is 0 Å². The number of carbonyl (C=O) groups excluding carboxylic acids is 1. The molecule has 0 bridgehead atoms. The van der Waals surface area contributed by atoms with Gasteiger partial charge in [-0.3, -0.25) is 4.79 Å². The van der Waals surface area contributed by atoms with Gasteiger partial charge in [-0.15, -0.1) is 0 Å². The predicted molar refractivity (Wildman–Crippen MR) is 90.2 cm³/mol. The van der Waals surface area contributed by atoms with E-state index in [9.17, 15) is 9.90 Å². The second-order valence-electron chi connectivity index (χ2n) is 5.58.